The molecule has 3 N–H and O–H groups in total. The largest absolute Gasteiger partial charge is 0.497 e. The van der Waals surface area contributed by atoms with Crippen LogP contribution in [-0.2, 0) is 10.0 Å². The van der Waals surface area contributed by atoms with Crippen LogP contribution in [0.3, 0.4) is 0 Å². The van der Waals surface area contributed by atoms with Crippen molar-refractivity contribution in [2.45, 2.75) is 4.90 Å². The Labute approximate surface area is 182 Å². The van der Waals surface area contributed by atoms with Gasteiger partial charge in [0.15, 0.2) is 0 Å². The van der Waals surface area contributed by atoms with E-state index in [9.17, 15) is 26.8 Å². The molecule has 3 aromatic carbocycles. The first-order valence-corrected chi connectivity index (χ1v) is 10.5. The van der Waals surface area contributed by atoms with Crippen LogP contribution in [0.5, 0.6) is 5.75 Å². The first-order chi connectivity index (χ1) is 15.2. The highest BCUT2D eigenvalue weighted by Gasteiger charge is 2.18. The Morgan fingerprint density at radius 1 is 0.875 bits per heavy atom. The fourth-order valence-corrected chi connectivity index (χ4v) is 3.71. The summed E-state index contributed by atoms with van der Waals surface area (Å²) < 4.78 is 59.3. The number of anilines is 1. The van der Waals surface area contributed by atoms with Crippen molar-refractivity contribution in [1.82, 2.24) is 10.9 Å². The van der Waals surface area contributed by atoms with Crippen LogP contribution < -0.4 is 20.3 Å². The second-order valence-electron chi connectivity index (χ2n) is 6.39. The molecule has 0 aliphatic rings. The molecule has 3 aromatic rings. The summed E-state index contributed by atoms with van der Waals surface area (Å²) in [5.41, 5.74) is 3.77. The second kappa shape index (κ2) is 9.43. The van der Waals surface area contributed by atoms with E-state index >= 15 is 0 Å². The summed E-state index contributed by atoms with van der Waals surface area (Å²) in [5.74, 6) is -3.27. The Morgan fingerprint density at radius 2 is 1.56 bits per heavy atom. The molecule has 0 saturated carbocycles. The van der Waals surface area contributed by atoms with E-state index in [1.165, 1.54) is 37.4 Å². The van der Waals surface area contributed by atoms with E-state index < -0.39 is 39.0 Å². The number of nitrogens with one attached hydrogen (secondary N) is 3. The van der Waals surface area contributed by atoms with Crippen LogP contribution in [0.2, 0.25) is 0 Å². The van der Waals surface area contributed by atoms with Crippen LogP contribution >= 0.6 is 0 Å². The van der Waals surface area contributed by atoms with Crippen LogP contribution in [0.25, 0.3) is 0 Å². The molecule has 0 saturated heterocycles. The van der Waals surface area contributed by atoms with Crippen LogP contribution in [0.1, 0.15) is 20.7 Å². The molecular weight excluding hydrogens is 444 g/mol. The molecule has 0 bridgehead atoms. The fourth-order valence-electron chi connectivity index (χ4n) is 2.60. The van der Waals surface area contributed by atoms with Gasteiger partial charge in [-0.3, -0.25) is 25.2 Å². The van der Waals surface area contributed by atoms with Gasteiger partial charge in [0.05, 0.1) is 17.6 Å². The molecular formula is C21H17F2N3O5S. The van der Waals surface area contributed by atoms with Crippen molar-refractivity contribution in [3.63, 3.8) is 0 Å². The normalized spacial score (nSPS) is 10.8. The predicted octanol–water partition coefficient (Wildman–Crippen LogP) is 2.85. The Bertz CT molecular complexity index is 1260. The summed E-state index contributed by atoms with van der Waals surface area (Å²) >= 11 is 0. The maximum absolute atomic E-state index is 13.7. The molecule has 0 aliphatic heterocycles. The van der Waals surface area contributed by atoms with Gasteiger partial charge in [-0.2, -0.15) is 0 Å². The third-order valence-electron chi connectivity index (χ3n) is 4.21. The maximum atomic E-state index is 13.7. The zero-order valence-corrected chi connectivity index (χ0v) is 17.4. The smallest absolute Gasteiger partial charge is 0.272 e. The first kappa shape index (κ1) is 22.7. The van der Waals surface area contributed by atoms with Gasteiger partial charge in [0, 0.05) is 17.3 Å². The van der Waals surface area contributed by atoms with Crippen molar-refractivity contribution in [3.8, 4) is 5.75 Å². The summed E-state index contributed by atoms with van der Waals surface area (Å²) in [6.45, 7) is 0. The molecule has 0 radical (unpaired) electrons. The molecule has 0 unspecified atom stereocenters. The van der Waals surface area contributed by atoms with Gasteiger partial charge in [-0.15, -0.1) is 0 Å². The molecule has 8 nitrogen and oxygen atoms in total. The fraction of sp³-hybridized carbons (Fsp3) is 0.0476. The lowest BCUT2D eigenvalue weighted by Gasteiger charge is -2.11. The van der Waals surface area contributed by atoms with Crippen LogP contribution in [-0.4, -0.2) is 27.3 Å². The van der Waals surface area contributed by atoms with Gasteiger partial charge < -0.3 is 4.74 Å². The lowest BCUT2D eigenvalue weighted by molar-refractivity contribution is 0.0844. The minimum atomic E-state index is -4.02. The summed E-state index contributed by atoms with van der Waals surface area (Å²) in [6, 6.07) is 13.6. The van der Waals surface area contributed by atoms with Gasteiger partial charge in [0.1, 0.15) is 17.4 Å². The van der Waals surface area contributed by atoms with Crippen molar-refractivity contribution in [3.05, 3.63) is 89.5 Å². The monoisotopic (exact) mass is 461 g/mol. The van der Waals surface area contributed by atoms with Crippen molar-refractivity contribution < 1.29 is 31.5 Å². The first-order valence-electron chi connectivity index (χ1n) is 9.02. The van der Waals surface area contributed by atoms with Crippen molar-refractivity contribution in [2.24, 2.45) is 0 Å². The molecule has 0 spiro atoms. The summed E-state index contributed by atoms with van der Waals surface area (Å²) in [6.07, 6.45) is 0. The molecule has 0 atom stereocenters. The zero-order valence-electron chi connectivity index (χ0n) is 16.6. The van der Waals surface area contributed by atoms with E-state index in [2.05, 4.69) is 10.1 Å². The van der Waals surface area contributed by atoms with Crippen LogP contribution in [0.4, 0.5) is 14.5 Å². The summed E-state index contributed by atoms with van der Waals surface area (Å²) in [7, 11) is -2.54. The number of carbonyl (C=O) groups is 2. The quantitative estimate of drug-likeness (QED) is 0.489. The number of amides is 2. The van der Waals surface area contributed by atoms with Crippen molar-refractivity contribution in [1.29, 1.82) is 0 Å². The number of carbonyl (C=O) groups excluding carboxylic acids is 2. The average Bonchev–Trinajstić information content (AvgIpc) is 2.77. The number of methoxy groups -OCH3 is 1. The number of benzene rings is 3. The zero-order chi connectivity index (χ0) is 23.3. The van der Waals surface area contributed by atoms with E-state index in [0.29, 0.717) is 11.8 Å². The molecule has 0 heterocycles. The van der Waals surface area contributed by atoms with Crippen LogP contribution in [0.15, 0.2) is 71.6 Å². The molecule has 3 rings (SSSR count). The van der Waals surface area contributed by atoms with Gasteiger partial charge in [0.25, 0.3) is 21.8 Å². The number of rotatable bonds is 6. The van der Waals surface area contributed by atoms with Gasteiger partial charge >= 0.3 is 0 Å². The van der Waals surface area contributed by atoms with Gasteiger partial charge in [-0.1, -0.05) is 6.07 Å². The van der Waals surface area contributed by atoms with E-state index in [4.69, 9.17) is 4.74 Å². The summed E-state index contributed by atoms with van der Waals surface area (Å²) in [5, 5.41) is 0. The number of hydrogen-bond donors (Lipinski definition) is 3. The highest BCUT2D eigenvalue weighted by Crippen LogP contribution is 2.20. The lowest BCUT2D eigenvalue weighted by atomic mass is 10.2. The molecule has 166 valence electrons. The number of sulfonamides is 1. The average molecular weight is 461 g/mol. The lowest BCUT2D eigenvalue weighted by Crippen LogP contribution is -2.42. The van der Waals surface area contributed by atoms with Crippen molar-refractivity contribution >= 4 is 27.5 Å². The number of ether oxygens (including phenoxy) is 1. The molecule has 0 fully saturated rings. The Morgan fingerprint density at radius 3 is 2.22 bits per heavy atom. The van der Waals surface area contributed by atoms with Gasteiger partial charge in [-0.25, -0.2) is 17.2 Å². The third-order valence-corrected chi connectivity index (χ3v) is 5.59. The molecule has 32 heavy (non-hydrogen) atoms. The second-order valence-corrected chi connectivity index (χ2v) is 8.08. The third kappa shape index (κ3) is 5.38. The van der Waals surface area contributed by atoms with E-state index in [1.807, 2.05) is 5.43 Å². The van der Waals surface area contributed by atoms with Crippen LogP contribution in [0, 0.1) is 11.6 Å². The molecule has 0 aromatic heterocycles. The molecule has 2 amide bonds. The summed E-state index contributed by atoms with van der Waals surface area (Å²) in [4.78, 5) is 24.1. The van der Waals surface area contributed by atoms with E-state index in [0.717, 1.165) is 18.2 Å². The Kier molecular flexibility index (Phi) is 6.69. The highest BCUT2D eigenvalue weighted by molar-refractivity contribution is 7.92. The predicted molar refractivity (Wildman–Crippen MR) is 112 cm³/mol. The SMILES string of the molecule is COc1ccc(NS(=O)(=O)c2cccc(C(=O)NNC(=O)c3ccc(F)cc3F)c2)cc1. The van der Waals surface area contributed by atoms with E-state index in [1.54, 1.807) is 12.1 Å². The Hall–Kier alpha value is -3.99. The van der Waals surface area contributed by atoms with Crippen molar-refractivity contribution in [2.75, 3.05) is 11.8 Å². The molecule has 0 aliphatic carbocycles. The number of hydrogen-bond acceptors (Lipinski definition) is 5. The van der Waals surface area contributed by atoms with Gasteiger partial charge in [-0.05, 0) is 54.6 Å². The minimum absolute atomic E-state index is 0.0810. The standard InChI is InChI=1S/C21H17F2N3O5S/c1-31-16-8-6-15(7-9-16)26-32(29,30)17-4-2-3-13(11-17)20(27)24-25-21(28)18-10-5-14(22)12-19(18)23/h2-12,26H,1H3,(H,24,27)(H,25,28). The number of hydrazine groups is 1. The highest BCUT2D eigenvalue weighted by atomic mass is 32.2. The van der Waals surface area contributed by atoms with Gasteiger partial charge in [0.2, 0.25) is 0 Å². The molecule has 11 heteroatoms. The van der Waals surface area contributed by atoms with E-state index in [-0.39, 0.29) is 16.1 Å². The maximum Gasteiger partial charge on any atom is 0.272 e. The minimum Gasteiger partial charge on any atom is -0.497 e. The Balaban J connectivity index is 1.70. The topological polar surface area (TPSA) is 114 Å². The number of halogens is 2.